The first-order valence-corrected chi connectivity index (χ1v) is 10.3. The summed E-state index contributed by atoms with van der Waals surface area (Å²) in [4.78, 5) is 7.69. The first-order valence-electron chi connectivity index (χ1n) is 9.90. The lowest BCUT2D eigenvalue weighted by molar-refractivity contribution is 0.306. The number of hydrogen-bond acceptors (Lipinski definition) is 4. The van der Waals surface area contributed by atoms with Crippen molar-refractivity contribution in [2.24, 2.45) is 5.10 Å². The van der Waals surface area contributed by atoms with Gasteiger partial charge in [0.05, 0.1) is 17.2 Å². The van der Waals surface area contributed by atoms with Crippen molar-refractivity contribution in [3.63, 3.8) is 0 Å². The number of rotatable bonds is 6. The highest BCUT2D eigenvalue weighted by Crippen LogP contribution is 2.28. The molecule has 0 atom stereocenters. The second kappa shape index (κ2) is 8.50. The number of halogens is 1. The molecule has 6 heteroatoms. The van der Waals surface area contributed by atoms with Gasteiger partial charge in [-0.15, -0.1) is 0 Å². The number of H-pyrrole nitrogens is 1. The monoisotopic (exact) mass is 426 g/mol. The van der Waals surface area contributed by atoms with Gasteiger partial charge in [-0.3, -0.25) is 0 Å². The quantitative estimate of drug-likeness (QED) is 0.244. The SMILES string of the molecule is Clc1ccccc1COc1ccc2ccccc2c1/C=N\Nc1nc2ccccc2[nH]1. The van der Waals surface area contributed by atoms with Crippen LogP contribution in [0.15, 0.2) is 90.0 Å². The molecule has 0 aliphatic rings. The molecule has 5 rings (SSSR count). The first-order chi connectivity index (χ1) is 15.3. The molecule has 0 aliphatic heterocycles. The highest BCUT2D eigenvalue weighted by Gasteiger charge is 2.09. The lowest BCUT2D eigenvalue weighted by atomic mass is 10.0. The molecule has 0 saturated carbocycles. The van der Waals surface area contributed by atoms with Crippen molar-refractivity contribution < 1.29 is 4.74 Å². The molecule has 4 aromatic carbocycles. The van der Waals surface area contributed by atoms with Gasteiger partial charge in [0.15, 0.2) is 0 Å². The molecule has 0 bridgehead atoms. The summed E-state index contributed by atoms with van der Waals surface area (Å²) in [7, 11) is 0. The van der Waals surface area contributed by atoms with E-state index in [0.717, 1.165) is 38.7 Å². The van der Waals surface area contributed by atoms with Crippen LogP contribution in [-0.4, -0.2) is 16.2 Å². The van der Waals surface area contributed by atoms with E-state index in [-0.39, 0.29) is 0 Å². The second-order valence-electron chi connectivity index (χ2n) is 7.05. The number of nitrogens with zero attached hydrogens (tertiary/aromatic N) is 2. The number of benzene rings is 4. The molecule has 0 spiro atoms. The van der Waals surface area contributed by atoms with E-state index < -0.39 is 0 Å². The van der Waals surface area contributed by atoms with Crippen molar-refractivity contribution in [2.75, 3.05) is 5.43 Å². The molecule has 152 valence electrons. The summed E-state index contributed by atoms with van der Waals surface area (Å²) in [6.45, 7) is 0.371. The normalized spacial score (nSPS) is 11.4. The maximum Gasteiger partial charge on any atom is 0.222 e. The summed E-state index contributed by atoms with van der Waals surface area (Å²) in [5, 5.41) is 7.26. The van der Waals surface area contributed by atoms with Gasteiger partial charge in [0.1, 0.15) is 12.4 Å². The fourth-order valence-corrected chi connectivity index (χ4v) is 3.66. The zero-order chi connectivity index (χ0) is 21.0. The minimum Gasteiger partial charge on any atom is -0.488 e. The average Bonchev–Trinajstić information content (AvgIpc) is 3.22. The molecular weight excluding hydrogens is 408 g/mol. The second-order valence-corrected chi connectivity index (χ2v) is 7.46. The summed E-state index contributed by atoms with van der Waals surface area (Å²) in [6, 6.07) is 27.7. The van der Waals surface area contributed by atoms with E-state index in [0.29, 0.717) is 17.6 Å². The molecule has 31 heavy (non-hydrogen) atoms. The number of nitrogens with one attached hydrogen (secondary N) is 2. The Morgan fingerprint density at radius 3 is 2.65 bits per heavy atom. The van der Waals surface area contributed by atoms with Crippen molar-refractivity contribution in [1.29, 1.82) is 0 Å². The summed E-state index contributed by atoms with van der Waals surface area (Å²) < 4.78 is 6.14. The minimum atomic E-state index is 0.371. The Morgan fingerprint density at radius 1 is 0.935 bits per heavy atom. The van der Waals surface area contributed by atoms with E-state index in [1.54, 1.807) is 6.21 Å². The molecule has 0 unspecified atom stereocenters. The van der Waals surface area contributed by atoms with E-state index in [1.165, 1.54) is 0 Å². The van der Waals surface area contributed by atoms with E-state index in [2.05, 4.69) is 32.6 Å². The predicted molar refractivity (Wildman–Crippen MR) is 127 cm³/mol. The van der Waals surface area contributed by atoms with Crippen molar-refractivity contribution >= 4 is 45.6 Å². The summed E-state index contributed by atoms with van der Waals surface area (Å²) in [5.41, 5.74) is 6.63. The molecule has 0 aliphatic carbocycles. The minimum absolute atomic E-state index is 0.371. The lowest BCUT2D eigenvalue weighted by Gasteiger charge is -2.12. The summed E-state index contributed by atoms with van der Waals surface area (Å²) in [6.07, 6.45) is 1.76. The fourth-order valence-electron chi connectivity index (χ4n) is 3.47. The zero-order valence-corrected chi connectivity index (χ0v) is 17.3. The third-order valence-electron chi connectivity index (χ3n) is 5.03. The first kappa shape index (κ1) is 19.2. The van der Waals surface area contributed by atoms with Crippen LogP contribution < -0.4 is 10.2 Å². The molecular formula is C25H19ClN4O. The zero-order valence-electron chi connectivity index (χ0n) is 16.5. The molecule has 5 aromatic rings. The number of para-hydroxylation sites is 2. The summed E-state index contributed by atoms with van der Waals surface area (Å²) >= 11 is 6.28. The molecule has 0 fully saturated rings. The van der Waals surface area contributed by atoms with Crippen molar-refractivity contribution in [3.05, 3.63) is 101 Å². The van der Waals surface area contributed by atoms with Crippen LogP contribution in [-0.2, 0) is 6.61 Å². The fraction of sp³-hybridized carbons (Fsp3) is 0.0400. The average molecular weight is 427 g/mol. The largest absolute Gasteiger partial charge is 0.488 e. The number of aromatic nitrogens is 2. The molecule has 1 heterocycles. The van der Waals surface area contributed by atoms with Gasteiger partial charge < -0.3 is 9.72 Å². The van der Waals surface area contributed by atoms with Crippen molar-refractivity contribution in [1.82, 2.24) is 9.97 Å². The van der Waals surface area contributed by atoms with Gasteiger partial charge in [-0.25, -0.2) is 10.4 Å². The molecule has 0 amide bonds. The van der Waals surface area contributed by atoms with Crippen LogP contribution in [0.5, 0.6) is 5.75 Å². The Morgan fingerprint density at radius 2 is 1.74 bits per heavy atom. The third-order valence-corrected chi connectivity index (χ3v) is 5.39. The number of hydrogen-bond donors (Lipinski definition) is 2. The molecule has 1 aromatic heterocycles. The van der Waals surface area contributed by atoms with Gasteiger partial charge in [0, 0.05) is 16.1 Å². The van der Waals surface area contributed by atoms with Crippen LogP contribution in [0.25, 0.3) is 21.8 Å². The van der Waals surface area contributed by atoms with E-state index in [4.69, 9.17) is 16.3 Å². The number of aromatic amines is 1. The van der Waals surface area contributed by atoms with Crippen molar-refractivity contribution in [3.8, 4) is 5.75 Å². The number of ether oxygens (including phenoxy) is 1. The van der Waals surface area contributed by atoms with Gasteiger partial charge in [-0.2, -0.15) is 5.10 Å². The maximum absolute atomic E-state index is 6.28. The van der Waals surface area contributed by atoms with Gasteiger partial charge in [-0.1, -0.05) is 72.3 Å². The molecule has 2 N–H and O–H groups in total. The lowest BCUT2D eigenvalue weighted by Crippen LogP contribution is -2.01. The van der Waals surface area contributed by atoms with Crippen LogP contribution in [0.3, 0.4) is 0 Å². The van der Waals surface area contributed by atoms with E-state index in [1.807, 2.05) is 72.8 Å². The van der Waals surface area contributed by atoms with Crippen LogP contribution in [0.4, 0.5) is 5.95 Å². The Balaban J connectivity index is 1.44. The standard InChI is InChI=1S/C25H19ClN4O/c26-21-10-4-2-8-18(21)16-31-24-14-13-17-7-1-3-9-19(17)20(24)15-27-30-25-28-22-11-5-6-12-23(22)29-25/h1-15H,16H2,(H2,28,29,30)/b27-15-. The Bertz CT molecular complexity index is 1360. The van der Waals surface area contributed by atoms with Crippen LogP contribution in [0.2, 0.25) is 5.02 Å². The van der Waals surface area contributed by atoms with Gasteiger partial charge >= 0.3 is 0 Å². The Hall–Kier alpha value is -3.83. The van der Waals surface area contributed by atoms with Crippen LogP contribution in [0, 0.1) is 0 Å². The van der Waals surface area contributed by atoms with Gasteiger partial charge in [0.25, 0.3) is 0 Å². The van der Waals surface area contributed by atoms with Crippen LogP contribution >= 0.6 is 11.6 Å². The smallest absolute Gasteiger partial charge is 0.222 e. The number of hydrazone groups is 1. The number of anilines is 1. The highest BCUT2D eigenvalue weighted by molar-refractivity contribution is 6.31. The van der Waals surface area contributed by atoms with Gasteiger partial charge in [0.2, 0.25) is 5.95 Å². The molecule has 5 nitrogen and oxygen atoms in total. The Labute approximate surface area is 184 Å². The molecule has 0 saturated heterocycles. The van der Waals surface area contributed by atoms with E-state index in [9.17, 15) is 0 Å². The topological polar surface area (TPSA) is 62.3 Å². The number of fused-ring (bicyclic) bond motifs is 2. The summed E-state index contributed by atoms with van der Waals surface area (Å²) in [5.74, 6) is 1.31. The highest BCUT2D eigenvalue weighted by atomic mass is 35.5. The van der Waals surface area contributed by atoms with Crippen molar-refractivity contribution in [2.45, 2.75) is 6.61 Å². The van der Waals surface area contributed by atoms with E-state index >= 15 is 0 Å². The number of imidazole rings is 1. The maximum atomic E-state index is 6.28. The van der Waals surface area contributed by atoms with Gasteiger partial charge in [-0.05, 0) is 35.0 Å². The Kier molecular flexibility index (Phi) is 5.25. The predicted octanol–water partition coefficient (Wildman–Crippen LogP) is 6.39. The molecule has 0 radical (unpaired) electrons. The third kappa shape index (κ3) is 4.09. The van der Waals surface area contributed by atoms with Crippen LogP contribution in [0.1, 0.15) is 11.1 Å².